The Morgan fingerprint density at radius 2 is 1.76 bits per heavy atom. The van der Waals surface area contributed by atoms with Gasteiger partial charge in [-0.25, -0.2) is 0 Å². The molecule has 21 heavy (non-hydrogen) atoms. The molecule has 1 aromatic rings. The standard InChI is InChI=1S/C16H26N2O2.ClH/c1-4-13-7-9-14(10-8-13)20-11-15(19)18-16(5-2,6-3)12-17;/h7-10H,4-6,11-12,17H2,1-3H3,(H,18,19);1H. The molecule has 0 unspecified atom stereocenters. The van der Waals surface area contributed by atoms with Crippen molar-refractivity contribution >= 4 is 18.3 Å². The van der Waals surface area contributed by atoms with Crippen molar-refractivity contribution < 1.29 is 9.53 Å². The fourth-order valence-electron chi connectivity index (χ4n) is 2.07. The molecule has 0 saturated heterocycles. The predicted molar refractivity (Wildman–Crippen MR) is 89.1 cm³/mol. The number of aryl methyl sites for hydroxylation is 1. The molecule has 3 N–H and O–H groups in total. The number of hydrogen-bond donors (Lipinski definition) is 2. The minimum Gasteiger partial charge on any atom is -0.484 e. The van der Waals surface area contributed by atoms with Crippen molar-refractivity contribution in [3.8, 4) is 5.75 Å². The number of halogens is 1. The van der Waals surface area contributed by atoms with Gasteiger partial charge in [0.05, 0.1) is 5.54 Å². The highest BCUT2D eigenvalue weighted by Gasteiger charge is 2.26. The largest absolute Gasteiger partial charge is 0.484 e. The van der Waals surface area contributed by atoms with Crippen LogP contribution in [0.5, 0.6) is 5.75 Å². The molecular weight excluding hydrogens is 288 g/mol. The van der Waals surface area contributed by atoms with E-state index < -0.39 is 0 Å². The van der Waals surface area contributed by atoms with Crippen LogP contribution in [-0.2, 0) is 11.2 Å². The molecule has 1 rings (SSSR count). The Balaban J connectivity index is 0.00000400. The van der Waals surface area contributed by atoms with Gasteiger partial charge < -0.3 is 15.8 Å². The molecule has 1 amide bonds. The summed E-state index contributed by atoms with van der Waals surface area (Å²) in [4.78, 5) is 11.9. The van der Waals surface area contributed by atoms with Gasteiger partial charge in [0, 0.05) is 6.54 Å². The summed E-state index contributed by atoms with van der Waals surface area (Å²) in [6, 6.07) is 7.80. The second kappa shape index (κ2) is 9.64. The van der Waals surface area contributed by atoms with E-state index in [9.17, 15) is 4.79 Å². The number of nitrogens with one attached hydrogen (secondary N) is 1. The maximum absolute atomic E-state index is 11.9. The first-order valence-corrected chi connectivity index (χ1v) is 7.32. The molecular formula is C16H27ClN2O2. The zero-order valence-corrected chi connectivity index (χ0v) is 14.0. The van der Waals surface area contributed by atoms with E-state index in [1.807, 2.05) is 38.1 Å². The van der Waals surface area contributed by atoms with Crippen molar-refractivity contribution in [2.75, 3.05) is 13.2 Å². The van der Waals surface area contributed by atoms with E-state index >= 15 is 0 Å². The van der Waals surface area contributed by atoms with Crippen molar-refractivity contribution in [1.82, 2.24) is 5.32 Å². The molecule has 5 heteroatoms. The molecule has 0 atom stereocenters. The minimum atomic E-state index is -0.313. The van der Waals surface area contributed by atoms with Crippen LogP contribution in [0.3, 0.4) is 0 Å². The van der Waals surface area contributed by atoms with Crippen molar-refractivity contribution in [1.29, 1.82) is 0 Å². The molecule has 0 aliphatic carbocycles. The Hall–Kier alpha value is -1.26. The van der Waals surface area contributed by atoms with Crippen LogP contribution >= 0.6 is 12.4 Å². The number of rotatable bonds is 8. The molecule has 0 aromatic heterocycles. The van der Waals surface area contributed by atoms with Crippen LogP contribution in [0.15, 0.2) is 24.3 Å². The lowest BCUT2D eigenvalue weighted by atomic mass is 9.93. The van der Waals surface area contributed by atoms with Crippen LogP contribution in [0.25, 0.3) is 0 Å². The number of carbonyl (C=O) groups excluding carboxylic acids is 1. The Labute approximate surface area is 133 Å². The van der Waals surface area contributed by atoms with E-state index in [4.69, 9.17) is 10.5 Å². The SMILES string of the molecule is CCc1ccc(OCC(=O)NC(CC)(CC)CN)cc1.Cl. The fourth-order valence-corrected chi connectivity index (χ4v) is 2.07. The first-order chi connectivity index (χ1) is 9.59. The monoisotopic (exact) mass is 314 g/mol. The quantitative estimate of drug-likeness (QED) is 0.775. The molecule has 0 bridgehead atoms. The highest BCUT2D eigenvalue weighted by atomic mass is 35.5. The lowest BCUT2D eigenvalue weighted by Gasteiger charge is -2.31. The summed E-state index contributed by atoms with van der Waals surface area (Å²) >= 11 is 0. The zero-order chi connectivity index (χ0) is 15.0. The molecule has 0 spiro atoms. The van der Waals surface area contributed by atoms with Gasteiger partial charge in [0.2, 0.25) is 0 Å². The summed E-state index contributed by atoms with van der Waals surface area (Å²) in [7, 11) is 0. The number of hydrogen-bond acceptors (Lipinski definition) is 3. The highest BCUT2D eigenvalue weighted by Crippen LogP contribution is 2.14. The number of carbonyl (C=O) groups is 1. The summed E-state index contributed by atoms with van der Waals surface area (Å²) < 4.78 is 5.49. The van der Waals surface area contributed by atoms with E-state index in [1.165, 1.54) is 5.56 Å². The van der Waals surface area contributed by atoms with Crippen LogP contribution < -0.4 is 15.8 Å². The molecule has 0 aliphatic heterocycles. The van der Waals surface area contributed by atoms with Crippen molar-refractivity contribution in [3.05, 3.63) is 29.8 Å². The third-order valence-electron chi connectivity index (χ3n) is 3.85. The van der Waals surface area contributed by atoms with Gasteiger partial charge in [0.15, 0.2) is 6.61 Å². The highest BCUT2D eigenvalue weighted by molar-refractivity contribution is 5.85. The van der Waals surface area contributed by atoms with Crippen LogP contribution in [0, 0.1) is 0 Å². The van der Waals surface area contributed by atoms with Crippen LogP contribution in [0.1, 0.15) is 39.2 Å². The van der Waals surface area contributed by atoms with Gasteiger partial charge in [-0.2, -0.15) is 0 Å². The third-order valence-corrected chi connectivity index (χ3v) is 3.85. The Morgan fingerprint density at radius 1 is 1.19 bits per heavy atom. The van der Waals surface area contributed by atoms with Crippen LogP contribution in [0.4, 0.5) is 0 Å². The Kier molecular flexibility index (Phi) is 9.06. The molecule has 1 aromatic carbocycles. The van der Waals surface area contributed by atoms with E-state index in [0.717, 1.165) is 19.3 Å². The number of ether oxygens (including phenoxy) is 1. The summed E-state index contributed by atoms with van der Waals surface area (Å²) in [5, 5.41) is 2.98. The number of amides is 1. The van der Waals surface area contributed by atoms with Gasteiger partial charge in [-0.3, -0.25) is 4.79 Å². The average Bonchev–Trinajstić information content (AvgIpc) is 2.51. The molecule has 120 valence electrons. The van der Waals surface area contributed by atoms with E-state index in [-0.39, 0.29) is 30.5 Å². The molecule has 0 fully saturated rings. The summed E-state index contributed by atoms with van der Waals surface area (Å²) in [6.45, 7) is 6.62. The second-order valence-corrected chi connectivity index (χ2v) is 5.03. The molecule has 0 radical (unpaired) electrons. The van der Waals surface area contributed by atoms with E-state index in [2.05, 4.69) is 12.2 Å². The summed E-state index contributed by atoms with van der Waals surface area (Å²) in [6.07, 6.45) is 2.63. The van der Waals surface area contributed by atoms with Gasteiger partial charge in [0.1, 0.15) is 5.75 Å². The predicted octanol–water partition coefficient (Wildman–Crippen LogP) is 2.68. The first kappa shape index (κ1) is 19.7. The number of benzene rings is 1. The van der Waals surface area contributed by atoms with Gasteiger partial charge in [-0.15, -0.1) is 12.4 Å². The summed E-state index contributed by atoms with van der Waals surface area (Å²) in [5.41, 5.74) is 6.70. The Bertz CT molecular complexity index is 409. The minimum absolute atomic E-state index is 0. The first-order valence-electron chi connectivity index (χ1n) is 7.32. The second-order valence-electron chi connectivity index (χ2n) is 5.03. The van der Waals surface area contributed by atoms with Gasteiger partial charge in [-0.05, 0) is 37.0 Å². The topological polar surface area (TPSA) is 64.3 Å². The van der Waals surface area contributed by atoms with Crippen molar-refractivity contribution in [2.45, 2.75) is 45.6 Å². The van der Waals surface area contributed by atoms with E-state index in [0.29, 0.717) is 12.3 Å². The maximum Gasteiger partial charge on any atom is 0.258 e. The third kappa shape index (κ3) is 5.94. The lowest BCUT2D eigenvalue weighted by molar-refractivity contribution is -0.125. The normalized spacial score (nSPS) is 10.7. The molecule has 0 heterocycles. The van der Waals surface area contributed by atoms with Crippen molar-refractivity contribution in [3.63, 3.8) is 0 Å². The van der Waals surface area contributed by atoms with Crippen LogP contribution in [-0.4, -0.2) is 24.6 Å². The summed E-state index contributed by atoms with van der Waals surface area (Å²) in [5.74, 6) is 0.586. The maximum atomic E-state index is 11.9. The fraction of sp³-hybridized carbons (Fsp3) is 0.562. The molecule has 0 saturated carbocycles. The smallest absolute Gasteiger partial charge is 0.258 e. The van der Waals surface area contributed by atoms with Gasteiger partial charge in [-0.1, -0.05) is 32.9 Å². The lowest BCUT2D eigenvalue weighted by Crippen LogP contribution is -2.54. The van der Waals surface area contributed by atoms with Crippen molar-refractivity contribution in [2.24, 2.45) is 5.73 Å². The average molecular weight is 315 g/mol. The Morgan fingerprint density at radius 3 is 2.19 bits per heavy atom. The molecule has 0 aliphatic rings. The number of nitrogens with two attached hydrogens (primary N) is 1. The van der Waals surface area contributed by atoms with E-state index in [1.54, 1.807) is 0 Å². The van der Waals surface area contributed by atoms with Crippen LogP contribution in [0.2, 0.25) is 0 Å². The van der Waals surface area contributed by atoms with Gasteiger partial charge in [0.25, 0.3) is 5.91 Å². The van der Waals surface area contributed by atoms with Gasteiger partial charge >= 0.3 is 0 Å². The molecule has 4 nitrogen and oxygen atoms in total. The zero-order valence-electron chi connectivity index (χ0n) is 13.1.